The predicted octanol–water partition coefficient (Wildman–Crippen LogP) is 1.62. The van der Waals surface area contributed by atoms with Crippen molar-refractivity contribution in [3.8, 4) is 5.75 Å². The normalized spacial score (nSPS) is 22.2. The van der Waals surface area contributed by atoms with Crippen molar-refractivity contribution in [3.05, 3.63) is 28.8 Å². The van der Waals surface area contributed by atoms with Gasteiger partial charge in [-0.25, -0.2) is 0 Å². The summed E-state index contributed by atoms with van der Waals surface area (Å²) < 4.78 is 5.32. The van der Waals surface area contributed by atoms with Crippen LogP contribution in [0.5, 0.6) is 5.75 Å². The minimum atomic E-state index is -1.07. The Kier molecular flexibility index (Phi) is 3.97. The number of carboxylic acids is 1. The number of ether oxygens (including phenoxy) is 1. The molecule has 2 atom stereocenters. The van der Waals surface area contributed by atoms with E-state index in [0.717, 1.165) is 22.4 Å². The standard InChI is InChI=1S/C15H19NO4/c1-8-6-10(7-9(2)13(8)20-3)11-4-5-16-14(17)12(11)15(18)19/h6-7,11-12H,4-5H2,1-3H3,(H,16,17)(H,18,19). The number of aliphatic carboxylic acids is 1. The van der Waals surface area contributed by atoms with Gasteiger partial charge in [0.2, 0.25) is 5.91 Å². The average Bonchev–Trinajstić information content (AvgIpc) is 2.37. The topological polar surface area (TPSA) is 75.6 Å². The minimum absolute atomic E-state index is 0.287. The molecule has 0 saturated carbocycles. The summed E-state index contributed by atoms with van der Waals surface area (Å²) in [4.78, 5) is 23.2. The van der Waals surface area contributed by atoms with E-state index in [1.807, 2.05) is 26.0 Å². The van der Waals surface area contributed by atoms with Crippen LogP contribution in [0.15, 0.2) is 12.1 Å². The van der Waals surface area contributed by atoms with E-state index in [9.17, 15) is 14.7 Å². The van der Waals surface area contributed by atoms with E-state index < -0.39 is 17.8 Å². The number of carbonyl (C=O) groups excluding carboxylic acids is 1. The summed E-state index contributed by atoms with van der Waals surface area (Å²) in [7, 11) is 1.61. The fraction of sp³-hybridized carbons (Fsp3) is 0.467. The molecule has 0 radical (unpaired) electrons. The third-order valence-electron chi connectivity index (χ3n) is 3.82. The molecule has 1 amide bonds. The average molecular weight is 277 g/mol. The van der Waals surface area contributed by atoms with Crippen molar-refractivity contribution < 1.29 is 19.4 Å². The predicted molar refractivity (Wildman–Crippen MR) is 74.0 cm³/mol. The summed E-state index contributed by atoms with van der Waals surface area (Å²) in [6, 6.07) is 3.84. The summed E-state index contributed by atoms with van der Waals surface area (Å²) in [5, 5.41) is 11.9. The zero-order valence-corrected chi connectivity index (χ0v) is 11.9. The van der Waals surface area contributed by atoms with E-state index in [1.165, 1.54) is 0 Å². The number of carbonyl (C=O) groups is 2. The third-order valence-corrected chi connectivity index (χ3v) is 3.82. The maximum absolute atomic E-state index is 11.8. The first-order valence-electron chi connectivity index (χ1n) is 6.61. The van der Waals surface area contributed by atoms with E-state index in [-0.39, 0.29) is 5.92 Å². The molecule has 0 aromatic heterocycles. The van der Waals surface area contributed by atoms with Crippen molar-refractivity contribution in [3.63, 3.8) is 0 Å². The summed E-state index contributed by atoms with van der Waals surface area (Å²) in [6.07, 6.45) is 0.633. The number of nitrogens with one attached hydrogen (secondary N) is 1. The molecular weight excluding hydrogens is 258 g/mol. The molecule has 1 aromatic rings. The first kappa shape index (κ1) is 14.4. The molecule has 1 heterocycles. The van der Waals surface area contributed by atoms with E-state index in [0.29, 0.717) is 13.0 Å². The number of hydrogen-bond acceptors (Lipinski definition) is 3. The first-order chi connectivity index (χ1) is 9.45. The largest absolute Gasteiger partial charge is 0.496 e. The van der Waals surface area contributed by atoms with Crippen LogP contribution in [0.3, 0.4) is 0 Å². The van der Waals surface area contributed by atoms with Crippen LogP contribution in [0, 0.1) is 19.8 Å². The lowest BCUT2D eigenvalue weighted by atomic mass is 9.79. The van der Waals surface area contributed by atoms with Crippen LogP contribution >= 0.6 is 0 Å². The SMILES string of the molecule is COc1c(C)cc(C2CCNC(=O)C2C(=O)O)cc1C. The second-order valence-electron chi connectivity index (χ2n) is 5.19. The van der Waals surface area contributed by atoms with Crippen molar-refractivity contribution in [2.24, 2.45) is 5.92 Å². The Labute approximate surface area is 117 Å². The highest BCUT2D eigenvalue weighted by Gasteiger charge is 2.38. The second kappa shape index (κ2) is 5.53. The number of hydrogen-bond donors (Lipinski definition) is 2. The molecule has 1 saturated heterocycles. The van der Waals surface area contributed by atoms with Gasteiger partial charge in [0.05, 0.1) is 7.11 Å². The number of carboxylic acid groups (broad SMARTS) is 1. The third kappa shape index (κ3) is 2.48. The lowest BCUT2D eigenvalue weighted by Gasteiger charge is -2.29. The van der Waals surface area contributed by atoms with Crippen molar-refractivity contribution in [2.75, 3.05) is 13.7 Å². The number of rotatable bonds is 3. The Morgan fingerprint density at radius 3 is 2.45 bits per heavy atom. The molecular formula is C15H19NO4. The van der Waals surface area contributed by atoms with E-state index in [1.54, 1.807) is 7.11 Å². The van der Waals surface area contributed by atoms with Crippen molar-refractivity contribution in [1.29, 1.82) is 0 Å². The molecule has 1 aromatic carbocycles. The maximum atomic E-state index is 11.8. The molecule has 5 heteroatoms. The van der Waals surface area contributed by atoms with Crippen molar-refractivity contribution in [1.82, 2.24) is 5.32 Å². The second-order valence-corrected chi connectivity index (χ2v) is 5.19. The number of amides is 1. The van der Waals surface area contributed by atoms with Gasteiger partial charge in [-0.3, -0.25) is 9.59 Å². The van der Waals surface area contributed by atoms with Crippen LogP contribution in [0.25, 0.3) is 0 Å². The highest BCUT2D eigenvalue weighted by atomic mass is 16.5. The Morgan fingerprint density at radius 1 is 1.35 bits per heavy atom. The van der Waals surface area contributed by atoms with Crippen LogP contribution < -0.4 is 10.1 Å². The maximum Gasteiger partial charge on any atom is 0.316 e. The molecule has 1 aliphatic heterocycles. The number of benzene rings is 1. The van der Waals surface area contributed by atoms with Gasteiger partial charge in [0.1, 0.15) is 11.7 Å². The van der Waals surface area contributed by atoms with Crippen molar-refractivity contribution in [2.45, 2.75) is 26.2 Å². The zero-order chi connectivity index (χ0) is 14.9. The molecule has 0 aliphatic carbocycles. The number of aryl methyl sites for hydroxylation is 2. The fourth-order valence-electron chi connectivity index (χ4n) is 2.97. The van der Waals surface area contributed by atoms with Gasteiger partial charge in [0.15, 0.2) is 0 Å². The van der Waals surface area contributed by atoms with Crippen LogP contribution in [-0.4, -0.2) is 30.6 Å². The molecule has 2 N–H and O–H groups in total. The fourth-order valence-corrected chi connectivity index (χ4v) is 2.97. The smallest absolute Gasteiger partial charge is 0.316 e. The van der Waals surface area contributed by atoms with E-state index >= 15 is 0 Å². The minimum Gasteiger partial charge on any atom is -0.496 e. The van der Waals surface area contributed by atoms with Crippen LogP contribution in [-0.2, 0) is 9.59 Å². The Hall–Kier alpha value is -2.04. The van der Waals surface area contributed by atoms with Gasteiger partial charge in [0.25, 0.3) is 0 Å². The van der Waals surface area contributed by atoms with Crippen LogP contribution in [0.2, 0.25) is 0 Å². The van der Waals surface area contributed by atoms with Gasteiger partial charge in [-0.05, 0) is 37.0 Å². The summed E-state index contributed by atoms with van der Waals surface area (Å²) >= 11 is 0. The summed E-state index contributed by atoms with van der Waals surface area (Å²) in [6.45, 7) is 4.36. The molecule has 2 unspecified atom stereocenters. The molecule has 2 rings (SSSR count). The molecule has 0 bridgehead atoms. The van der Waals surface area contributed by atoms with Crippen molar-refractivity contribution >= 4 is 11.9 Å². The Balaban J connectivity index is 2.43. The van der Waals surface area contributed by atoms with Crippen LogP contribution in [0.1, 0.15) is 29.0 Å². The molecule has 0 spiro atoms. The molecule has 5 nitrogen and oxygen atoms in total. The van der Waals surface area contributed by atoms with Gasteiger partial charge < -0.3 is 15.2 Å². The molecule has 20 heavy (non-hydrogen) atoms. The van der Waals surface area contributed by atoms with E-state index in [2.05, 4.69) is 5.32 Å². The van der Waals surface area contributed by atoms with E-state index in [4.69, 9.17) is 4.74 Å². The molecule has 108 valence electrons. The number of methoxy groups -OCH3 is 1. The Bertz CT molecular complexity index is 530. The summed E-state index contributed by atoms with van der Waals surface area (Å²) in [5.74, 6) is -1.97. The first-order valence-corrected chi connectivity index (χ1v) is 6.61. The van der Waals surface area contributed by atoms with Gasteiger partial charge >= 0.3 is 5.97 Å². The lowest BCUT2D eigenvalue weighted by molar-refractivity contribution is -0.149. The van der Waals surface area contributed by atoms with Gasteiger partial charge in [-0.2, -0.15) is 0 Å². The Morgan fingerprint density at radius 2 is 1.95 bits per heavy atom. The monoisotopic (exact) mass is 277 g/mol. The molecule has 1 fully saturated rings. The summed E-state index contributed by atoms with van der Waals surface area (Å²) in [5.41, 5.74) is 2.80. The zero-order valence-electron chi connectivity index (χ0n) is 11.9. The quantitative estimate of drug-likeness (QED) is 0.823. The van der Waals surface area contributed by atoms with Gasteiger partial charge in [-0.1, -0.05) is 12.1 Å². The molecule has 1 aliphatic rings. The highest BCUT2D eigenvalue weighted by Crippen LogP contribution is 2.35. The highest BCUT2D eigenvalue weighted by molar-refractivity contribution is 5.98. The van der Waals surface area contributed by atoms with Gasteiger partial charge in [-0.15, -0.1) is 0 Å². The lowest BCUT2D eigenvalue weighted by Crippen LogP contribution is -2.44. The van der Waals surface area contributed by atoms with Gasteiger partial charge in [0, 0.05) is 12.5 Å². The van der Waals surface area contributed by atoms with Crippen LogP contribution in [0.4, 0.5) is 0 Å². The number of piperidine rings is 1.